The maximum atomic E-state index is 9.31. The van der Waals surface area contributed by atoms with Crippen LogP contribution < -0.4 is 5.32 Å². The SMILES string of the molecule is CC(C)c1ccc(NCC2(CO)COC2)cc1. The quantitative estimate of drug-likeness (QED) is 0.822. The Labute approximate surface area is 103 Å². The van der Waals surface area contributed by atoms with Crippen LogP contribution in [0.3, 0.4) is 0 Å². The van der Waals surface area contributed by atoms with Crippen LogP contribution in [0.15, 0.2) is 24.3 Å². The first-order chi connectivity index (χ1) is 8.15. The van der Waals surface area contributed by atoms with Gasteiger partial charge in [0.2, 0.25) is 0 Å². The zero-order valence-electron chi connectivity index (χ0n) is 10.6. The van der Waals surface area contributed by atoms with Crippen molar-refractivity contribution >= 4 is 5.69 Å². The Bertz CT molecular complexity index is 349. The summed E-state index contributed by atoms with van der Waals surface area (Å²) in [5.41, 5.74) is 2.38. The number of anilines is 1. The molecule has 0 radical (unpaired) electrons. The summed E-state index contributed by atoms with van der Waals surface area (Å²) < 4.78 is 5.17. The molecule has 2 N–H and O–H groups in total. The van der Waals surface area contributed by atoms with Crippen molar-refractivity contribution in [3.63, 3.8) is 0 Å². The predicted molar refractivity (Wildman–Crippen MR) is 69.4 cm³/mol. The lowest BCUT2D eigenvalue weighted by molar-refractivity contribution is -0.128. The molecule has 0 amide bonds. The van der Waals surface area contributed by atoms with E-state index in [1.165, 1.54) is 5.56 Å². The molecule has 1 heterocycles. The van der Waals surface area contributed by atoms with Crippen LogP contribution in [-0.4, -0.2) is 31.5 Å². The summed E-state index contributed by atoms with van der Waals surface area (Å²) in [6, 6.07) is 8.49. The molecule has 1 aromatic carbocycles. The van der Waals surface area contributed by atoms with Gasteiger partial charge in [-0.3, -0.25) is 0 Å². The highest BCUT2D eigenvalue weighted by molar-refractivity contribution is 5.45. The fourth-order valence-corrected chi connectivity index (χ4v) is 1.92. The first kappa shape index (κ1) is 12.4. The Hall–Kier alpha value is -1.06. The Kier molecular flexibility index (Phi) is 3.69. The lowest BCUT2D eigenvalue weighted by Crippen LogP contribution is -2.50. The Morgan fingerprint density at radius 3 is 2.35 bits per heavy atom. The summed E-state index contributed by atoms with van der Waals surface area (Å²) in [5.74, 6) is 0.563. The van der Waals surface area contributed by atoms with Gasteiger partial charge in [-0.1, -0.05) is 26.0 Å². The highest BCUT2D eigenvalue weighted by Gasteiger charge is 2.37. The summed E-state index contributed by atoms with van der Waals surface area (Å²) in [6.45, 7) is 6.64. The van der Waals surface area contributed by atoms with E-state index in [0.717, 1.165) is 12.2 Å². The molecule has 0 aromatic heterocycles. The number of aliphatic hydroxyl groups is 1. The number of hydrogen-bond acceptors (Lipinski definition) is 3. The van der Waals surface area contributed by atoms with Crippen molar-refractivity contribution in [2.45, 2.75) is 19.8 Å². The van der Waals surface area contributed by atoms with Crippen LogP contribution in [0.25, 0.3) is 0 Å². The number of nitrogens with one attached hydrogen (secondary N) is 1. The van der Waals surface area contributed by atoms with Crippen molar-refractivity contribution in [1.82, 2.24) is 0 Å². The highest BCUT2D eigenvalue weighted by atomic mass is 16.5. The van der Waals surface area contributed by atoms with Crippen LogP contribution in [0.5, 0.6) is 0 Å². The number of rotatable bonds is 5. The average Bonchev–Trinajstić information content (AvgIpc) is 2.29. The van der Waals surface area contributed by atoms with Gasteiger partial charge in [0.15, 0.2) is 0 Å². The molecule has 1 aliphatic rings. The van der Waals surface area contributed by atoms with Crippen LogP contribution in [0.2, 0.25) is 0 Å². The standard InChI is InChI=1S/C14H21NO2/c1-11(2)12-3-5-13(6-4-12)15-7-14(8-16)9-17-10-14/h3-6,11,15-16H,7-10H2,1-2H3. The second-order valence-corrected chi connectivity index (χ2v) is 5.28. The predicted octanol–water partition coefficient (Wildman–Crippen LogP) is 2.23. The first-order valence-corrected chi connectivity index (χ1v) is 6.18. The van der Waals surface area contributed by atoms with Crippen LogP contribution in [0, 0.1) is 5.41 Å². The summed E-state index contributed by atoms with van der Waals surface area (Å²) in [7, 11) is 0. The lowest BCUT2D eigenvalue weighted by Gasteiger charge is -2.40. The molecule has 1 fully saturated rings. The van der Waals surface area contributed by atoms with E-state index >= 15 is 0 Å². The maximum Gasteiger partial charge on any atom is 0.0584 e. The van der Waals surface area contributed by atoms with Gasteiger partial charge in [-0.2, -0.15) is 0 Å². The molecular formula is C14H21NO2. The normalized spacial score (nSPS) is 17.9. The van der Waals surface area contributed by atoms with Crippen molar-refractivity contribution in [2.24, 2.45) is 5.41 Å². The topological polar surface area (TPSA) is 41.5 Å². The molecule has 0 atom stereocenters. The smallest absolute Gasteiger partial charge is 0.0584 e. The molecule has 17 heavy (non-hydrogen) atoms. The largest absolute Gasteiger partial charge is 0.396 e. The van der Waals surface area contributed by atoms with E-state index in [2.05, 4.69) is 43.4 Å². The summed E-state index contributed by atoms with van der Waals surface area (Å²) in [5, 5.41) is 12.7. The first-order valence-electron chi connectivity index (χ1n) is 6.18. The summed E-state index contributed by atoms with van der Waals surface area (Å²) >= 11 is 0. The molecule has 94 valence electrons. The molecule has 0 aliphatic carbocycles. The zero-order valence-corrected chi connectivity index (χ0v) is 10.6. The van der Waals surface area contributed by atoms with Crippen LogP contribution in [0.1, 0.15) is 25.3 Å². The van der Waals surface area contributed by atoms with Gasteiger partial charge in [-0.15, -0.1) is 0 Å². The van der Waals surface area contributed by atoms with Crippen LogP contribution in [0.4, 0.5) is 5.69 Å². The van der Waals surface area contributed by atoms with E-state index in [9.17, 15) is 5.11 Å². The third-order valence-electron chi connectivity index (χ3n) is 3.40. The average molecular weight is 235 g/mol. The third-order valence-corrected chi connectivity index (χ3v) is 3.40. The van der Waals surface area contributed by atoms with Crippen molar-refractivity contribution in [3.05, 3.63) is 29.8 Å². The minimum Gasteiger partial charge on any atom is -0.396 e. The number of aliphatic hydroxyl groups excluding tert-OH is 1. The minimum atomic E-state index is -0.0727. The van der Waals surface area contributed by atoms with E-state index in [4.69, 9.17) is 4.74 Å². The van der Waals surface area contributed by atoms with E-state index in [-0.39, 0.29) is 12.0 Å². The monoisotopic (exact) mass is 235 g/mol. The zero-order chi connectivity index (χ0) is 12.3. The molecule has 1 aromatic rings. The Morgan fingerprint density at radius 1 is 1.29 bits per heavy atom. The Balaban J connectivity index is 1.91. The van der Waals surface area contributed by atoms with E-state index in [0.29, 0.717) is 19.1 Å². The van der Waals surface area contributed by atoms with Crippen molar-refractivity contribution in [3.8, 4) is 0 Å². The number of benzene rings is 1. The van der Waals surface area contributed by atoms with Gasteiger partial charge in [0.1, 0.15) is 0 Å². The van der Waals surface area contributed by atoms with E-state index in [1.807, 2.05) is 0 Å². The molecule has 3 heteroatoms. The fourth-order valence-electron chi connectivity index (χ4n) is 1.92. The molecule has 1 aliphatic heterocycles. The molecular weight excluding hydrogens is 214 g/mol. The number of hydrogen-bond donors (Lipinski definition) is 2. The molecule has 2 rings (SSSR count). The van der Waals surface area contributed by atoms with Gasteiger partial charge in [0.05, 0.1) is 25.2 Å². The maximum absolute atomic E-state index is 9.31. The van der Waals surface area contributed by atoms with Gasteiger partial charge in [-0.05, 0) is 23.6 Å². The molecule has 0 saturated carbocycles. The second kappa shape index (κ2) is 5.07. The molecule has 1 saturated heterocycles. The van der Waals surface area contributed by atoms with Crippen molar-refractivity contribution < 1.29 is 9.84 Å². The highest BCUT2D eigenvalue weighted by Crippen LogP contribution is 2.27. The van der Waals surface area contributed by atoms with Gasteiger partial charge in [0, 0.05) is 12.2 Å². The Morgan fingerprint density at radius 2 is 1.94 bits per heavy atom. The molecule has 0 bridgehead atoms. The summed E-state index contributed by atoms with van der Waals surface area (Å²) in [4.78, 5) is 0. The van der Waals surface area contributed by atoms with Crippen molar-refractivity contribution in [2.75, 3.05) is 31.7 Å². The van der Waals surface area contributed by atoms with Gasteiger partial charge in [-0.25, -0.2) is 0 Å². The van der Waals surface area contributed by atoms with Crippen molar-refractivity contribution in [1.29, 1.82) is 0 Å². The minimum absolute atomic E-state index is 0.0727. The van der Waals surface area contributed by atoms with E-state index < -0.39 is 0 Å². The van der Waals surface area contributed by atoms with Gasteiger partial charge in [0.25, 0.3) is 0 Å². The van der Waals surface area contributed by atoms with E-state index in [1.54, 1.807) is 0 Å². The number of ether oxygens (including phenoxy) is 1. The van der Waals surface area contributed by atoms with Gasteiger partial charge < -0.3 is 15.2 Å². The lowest BCUT2D eigenvalue weighted by atomic mass is 9.87. The molecule has 0 unspecified atom stereocenters. The third kappa shape index (κ3) is 2.79. The van der Waals surface area contributed by atoms with Crippen LogP contribution >= 0.6 is 0 Å². The van der Waals surface area contributed by atoms with Gasteiger partial charge >= 0.3 is 0 Å². The summed E-state index contributed by atoms with van der Waals surface area (Å²) in [6.07, 6.45) is 0. The fraction of sp³-hybridized carbons (Fsp3) is 0.571. The molecule has 0 spiro atoms. The molecule has 3 nitrogen and oxygen atoms in total. The second-order valence-electron chi connectivity index (χ2n) is 5.28. The van der Waals surface area contributed by atoms with Crippen LogP contribution in [-0.2, 0) is 4.74 Å².